The van der Waals surface area contributed by atoms with Crippen molar-refractivity contribution in [3.05, 3.63) is 42.0 Å². The summed E-state index contributed by atoms with van der Waals surface area (Å²) in [4.78, 5) is 0. The van der Waals surface area contributed by atoms with Gasteiger partial charge in [-0.05, 0) is 37.3 Å². The largest absolute Gasteiger partial charge is 0.493 e. The van der Waals surface area contributed by atoms with Crippen LogP contribution < -0.4 is 4.74 Å². The maximum Gasteiger partial charge on any atom is 0.348 e. The second-order valence-electron chi connectivity index (χ2n) is 5.23. The average molecular weight is 316 g/mol. The lowest BCUT2D eigenvalue weighted by atomic mass is 10.1. The normalized spacial score (nSPS) is 16.7. The Kier molecular flexibility index (Phi) is 6.03. The molecular weight excluding hydrogens is 297 g/mol. The molecule has 0 aromatic heterocycles. The second-order valence-corrected chi connectivity index (χ2v) is 5.90. The van der Waals surface area contributed by atoms with Crippen molar-refractivity contribution in [2.75, 3.05) is 6.61 Å². The van der Waals surface area contributed by atoms with Gasteiger partial charge < -0.3 is 4.74 Å². The first kappa shape index (κ1) is 16.3. The third-order valence-electron chi connectivity index (χ3n) is 3.63. The van der Waals surface area contributed by atoms with Gasteiger partial charge in [0.25, 0.3) is 0 Å². The molecule has 1 aliphatic carbocycles. The molecule has 1 aliphatic rings. The first-order valence-corrected chi connectivity index (χ1v) is 7.91. The van der Waals surface area contributed by atoms with Crippen LogP contribution in [0.3, 0.4) is 0 Å². The fraction of sp³-hybridized carbons (Fsp3) is 0.500. The van der Waals surface area contributed by atoms with E-state index in [0.717, 1.165) is 6.42 Å². The predicted octanol–water partition coefficient (Wildman–Crippen LogP) is 5.87. The lowest BCUT2D eigenvalue weighted by Crippen LogP contribution is -2.06. The highest BCUT2D eigenvalue weighted by molar-refractivity contribution is 7.94. The molecule has 2 rings (SSSR count). The van der Waals surface area contributed by atoms with Gasteiger partial charge in [-0.25, -0.2) is 0 Å². The Hall–Kier alpha value is -1.10. The zero-order valence-electron chi connectivity index (χ0n) is 11.7. The van der Waals surface area contributed by atoms with E-state index in [1.807, 2.05) is 0 Å². The lowest BCUT2D eigenvalue weighted by Gasteiger charge is -2.12. The minimum absolute atomic E-state index is 0.343. The summed E-state index contributed by atoms with van der Waals surface area (Å²) in [7, 11) is 0. The van der Waals surface area contributed by atoms with E-state index < -0.39 is 17.4 Å². The Morgan fingerprint density at radius 3 is 2.76 bits per heavy atom. The van der Waals surface area contributed by atoms with Crippen LogP contribution in [0.4, 0.5) is 12.7 Å². The summed E-state index contributed by atoms with van der Waals surface area (Å²) in [6.07, 6.45) is 10.2. The molecule has 0 spiro atoms. The molecule has 1 fully saturated rings. The van der Waals surface area contributed by atoms with Crippen molar-refractivity contribution in [1.29, 1.82) is 0 Å². The van der Waals surface area contributed by atoms with E-state index in [0.29, 0.717) is 18.3 Å². The fourth-order valence-corrected chi connectivity index (χ4v) is 2.71. The predicted molar refractivity (Wildman–Crippen MR) is 80.2 cm³/mol. The van der Waals surface area contributed by atoms with Gasteiger partial charge >= 0.3 is 5.25 Å². The summed E-state index contributed by atoms with van der Waals surface area (Å²) >= 11 is -0.965. The smallest absolute Gasteiger partial charge is 0.348 e. The van der Waals surface area contributed by atoms with Crippen LogP contribution in [0.25, 0.3) is 0 Å². The Morgan fingerprint density at radius 1 is 1.29 bits per heavy atom. The van der Waals surface area contributed by atoms with Gasteiger partial charge in [0.05, 0.1) is 6.61 Å². The molecule has 1 saturated carbocycles. The van der Waals surface area contributed by atoms with Gasteiger partial charge in [0.1, 0.15) is 17.9 Å². The molecule has 0 N–H and O–H groups in total. The summed E-state index contributed by atoms with van der Waals surface area (Å²) in [6, 6.07) is 5.43. The number of hydrogen-bond acceptors (Lipinski definition) is 2. The summed E-state index contributed by atoms with van der Waals surface area (Å²) < 4.78 is 44.0. The van der Waals surface area contributed by atoms with Crippen LogP contribution in [0.2, 0.25) is 0 Å². The standard InChI is InChI=1S/C16H19F3OS/c17-16(18,21-19)14-9-5-10-15(12-14)20-11-4-3-8-13-6-1-2-7-13/h3,5,8-10,12-13H,1-2,4,6-7,11H2/b8-3+. The van der Waals surface area contributed by atoms with Crippen molar-refractivity contribution in [2.24, 2.45) is 5.92 Å². The second kappa shape index (κ2) is 7.78. The molecule has 1 nitrogen and oxygen atoms in total. The monoisotopic (exact) mass is 316 g/mol. The molecule has 0 radical (unpaired) electrons. The van der Waals surface area contributed by atoms with Crippen LogP contribution >= 0.6 is 12.1 Å². The van der Waals surface area contributed by atoms with Gasteiger partial charge in [-0.3, -0.25) is 0 Å². The molecule has 1 aromatic rings. The van der Waals surface area contributed by atoms with E-state index in [9.17, 15) is 12.7 Å². The number of allylic oxidation sites excluding steroid dienone is 1. The molecule has 0 bridgehead atoms. The van der Waals surface area contributed by atoms with E-state index in [-0.39, 0.29) is 5.56 Å². The van der Waals surface area contributed by atoms with Gasteiger partial charge in [-0.2, -0.15) is 12.7 Å². The highest BCUT2D eigenvalue weighted by Gasteiger charge is 2.33. The van der Waals surface area contributed by atoms with Crippen LogP contribution in [-0.4, -0.2) is 6.61 Å². The molecule has 1 aromatic carbocycles. The maximum atomic E-state index is 13.2. The Bertz CT molecular complexity index is 470. The lowest BCUT2D eigenvalue weighted by molar-refractivity contribution is 0.101. The van der Waals surface area contributed by atoms with Crippen LogP contribution in [0.15, 0.2) is 36.4 Å². The SMILES string of the molecule is FSC(F)(F)c1cccc(OCC/C=C/C2CCCC2)c1. The molecule has 0 heterocycles. The fourth-order valence-electron chi connectivity index (χ4n) is 2.49. The Labute approximate surface area is 127 Å². The van der Waals surface area contributed by atoms with E-state index >= 15 is 0 Å². The molecule has 21 heavy (non-hydrogen) atoms. The molecule has 5 heteroatoms. The molecule has 0 amide bonds. The van der Waals surface area contributed by atoms with Crippen molar-refractivity contribution >= 4 is 12.1 Å². The number of benzene rings is 1. The maximum absolute atomic E-state index is 13.2. The van der Waals surface area contributed by atoms with Gasteiger partial charge in [0.15, 0.2) is 0 Å². The summed E-state index contributed by atoms with van der Waals surface area (Å²) in [5.41, 5.74) is -0.381. The van der Waals surface area contributed by atoms with Gasteiger partial charge in [-0.1, -0.05) is 37.1 Å². The van der Waals surface area contributed by atoms with Crippen LogP contribution in [0, 0.1) is 5.92 Å². The van der Waals surface area contributed by atoms with Crippen LogP contribution in [0.1, 0.15) is 37.7 Å². The van der Waals surface area contributed by atoms with Crippen molar-refractivity contribution in [3.63, 3.8) is 0 Å². The number of hydrogen-bond donors (Lipinski definition) is 0. The van der Waals surface area contributed by atoms with Gasteiger partial charge in [0, 0.05) is 5.56 Å². The topological polar surface area (TPSA) is 9.23 Å². The minimum Gasteiger partial charge on any atom is -0.493 e. The number of halogens is 3. The highest BCUT2D eigenvalue weighted by atomic mass is 32.2. The zero-order chi connectivity index (χ0) is 15.1. The summed E-state index contributed by atoms with van der Waals surface area (Å²) in [6.45, 7) is 0.432. The van der Waals surface area contributed by atoms with Gasteiger partial charge in [-0.15, -0.1) is 0 Å². The molecular formula is C16H19F3OS. The molecule has 116 valence electrons. The zero-order valence-corrected chi connectivity index (χ0v) is 12.6. The quantitative estimate of drug-likeness (QED) is 0.459. The van der Waals surface area contributed by atoms with Crippen LogP contribution in [0.5, 0.6) is 5.75 Å². The van der Waals surface area contributed by atoms with Crippen molar-refractivity contribution in [3.8, 4) is 5.75 Å². The number of rotatable bonds is 7. The van der Waals surface area contributed by atoms with Crippen molar-refractivity contribution in [1.82, 2.24) is 0 Å². The van der Waals surface area contributed by atoms with E-state index in [1.54, 1.807) is 6.07 Å². The van der Waals surface area contributed by atoms with Crippen LogP contribution in [-0.2, 0) is 5.25 Å². The third-order valence-corrected chi connectivity index (χ3v) is 4.06. The highest BCUT2D eigenvalue weighted by Crippen LogP contribution is 2.41. The molecule has 0 saturated heterocycles. The summed E-state index contributed by atoms with van der Waals surface area (Å²) in [5, 5.41) is -3.53. The van der Waals surface area contributed by atoms with E-state index in [1.165, 1.54) is 43.9 Å². The average Bonchev–Trinajstić information content (AvgIpc) is 3.00. The number of alkyl halides is 2. The first-order valence-electron chi connectivity index (χ1n) is 7.19. The number of ether oxygens (including phenoxy) is 1. The third kappa shape index (κ3) is 4.99. The Morgan fingerprint density at radius 2 is 2.05 bits per heavy atom. The Balaban J connectivity index is 1.79. The minimum atomic E-state index is -3.53. The molecule has 0 aliphatic heterocycles. The van der Waals surface area contributed by atoms with E-state index in [4.69, 9.17) is 4.74 Å². The van der Waals surface area contributed by atoms with Crippen molar-refractivity contribution < 1.29 is 17.4 Å². The van der Waals surface area contributed by atoms with Crippen molar-refractivity contribution in [2.45, 2.75) is 37.4 Å². The molecule has 0 atom stereocenters. The van der Waals surface area contributed by atoms with E-state index in [2.05, 4.69) is 12.2 Å². The summed E-state index contributed by atoms with van der Waals surface area (Å²) in [5.74, 6) is 1.03. The van der Waals surface area contributed by atoms with Gasteiger partial charge in [0.2, 0.25) is 0 Å². The molecule has 0 unspecified atom stereocenters. The first-order chi connectivity index (χ1) is 10.1.